The molecule has 0 aromatic heterocycles. The highest BCUT2D eigenvalue weighted by Gasteiger charge is 2.23. The van der Waals surface area contributed by atoms with Crippen LogP contribution < -0.4 is 20.9 Å². The van der Waals surface area contributed by atoms with Crippen LogP contribution in [0.5, 0.6) is 0 Å². The fraction of sp³-hybridized carbons (Fsp3) is 0.391. The fourth-order valence-corrected chi connectivity index (χ4v) is 3.70. The van der Waals surface area contributed by atoms with Crippen molar-refractivity contribution in [3.63, 3.8) is 0 Å². The molecule has 3 rings (SSSR count). The summed E-state index contributed by atoms with van der Waals surface area (Å²) in [6, 6.07) is 16.2. The van der Waals surface area contributed by atoms with Gasteiger partial charge in [0.1, 0.15) is 0 Å². The molecule has 3 N–H and O–H groups in total. The van der Waals surface area contributed by atoms with Gasteiger partial charge >= 0.3 is 0 Å². The van der Waals surface area contributed by atoms with Crippen molar-refractivity contribution in [3.05, 3.63) is 59.1 Å². The first-order valence-electron chi connectivity index (χ1n) is 10.4. The van der Waals surface area contributed by atoms with Crippen molar-refractivity contribution in [3.8, 4) is 0 Å². The minimum absolute atomic E-state index is 0. The Balaban J connectivity index is 0.00000341. The van der Waals surface area contributed by atoms with Crippen LogP contribution in [0.4, 0.5) is 11.4 Å². The third-order valence-corrected chi connectivity index (χ3v) is 5.34. The number of nitrogens with zero attached hydrogens (tertiary/aromatic N) is 2. The average molecular weight is 556 g/mol. The number of hydrogen-bond donors (Lipinski definition) is 3. The molecule has 2 aromatic rings. The van der Waals surface area contributed by atoms with Crippen molar-refractivity contribution < 1.29 is 4.79 Å². The Kier molecular flexibility index (Phi) is 10.4. The van der Waals surface area contributed by atoms with Crippen LogP contribution in [-0.4, -0.2) is 38.0 Å². The maximum absolute atomic E-state index is 11.7. The van der Waals surface area contributed by atoms with E-state index in [0.717, 1.165) is 53.9 Å². The van der Waals surface area contributed by atoms with Crippen molar-refractivity contribution in [1.29, 1.82) is 0 Å². The van der Waals surface area contributed by atoms with Crippen LogP contribution in [0.25, 0.3) is 0 Å². The van der Waals surface area contributed by atoms with E-state index in [1.54, 1.807) is 7.05 Å². The zero-order valence-electron chi connectivity index (χ0n) is 18.0. The predicted molar refractivity (Wildman–Crippen MR) is 141 cm³/mol. The summed E-state index contributed by atoms with van der Waals surface area (Å²) in [5.41, 5.74) is 3.10. The summed E-state index contributed by atoms with van der Waals surface area (Å²) in [4.78, 5) is 18.4. The zero-order valence-corrected chi connectivity index (χ0v) is 21.1. The molecule has 1 saturated heterocycles. The van der Waals surface area contributed by atoms with Gasteiger partial charge < -0.3 is 20.9 Å². The van der Waals surface area contributed by atoms with E-state index in [1.165, 1.54) is 0 Å². The molecule has 0 bridgehead atoms. The van der Waals surface area contributed by atoms with E-state index in [4.69, 9.17) is 11.6 Å². The minimum Gasteiger partial charge on any atom is -0.369 e. The Morgan fingerprint density at radius 2 is 2.00 bits per heavy atom. The lowest BCUT2D eigenvalue weighted by Crippen LogP contribution is -2.44. The maximum atomic E-state index is 11.7. The molecule has 1 fully saturated rings. The molecule has 31 heavy (non-hydrogen) atoms. The van der Waals surface area contributed by atoms with Crippen LogP contribution in [0, 0.1) is 0 Å². The Hall–Kier alpha value is -2.00. The highest BCUT2D eigenvalue weighted by molar-refractivity contribution is 14.0. The van der Waals surface area contributed by atoms with Gasteiger partial charge in [-0.2, -0.15) is 0 Å². The fourth-order valence-electron chi connectivity index (χ4n) is 3.52. The van der Waals surface area contributed by atoms with Gasteiger partial charge in [0.2, 0.25) is 5.91 Å². The number of aliphatic imine (C=N–C) groups is 1. The Labute approximate surface area is 206 Å². The lowest BCUT2D eigenvalue weighted by atomic mass is 10.2. The summed E-state index contributed by atoms with van der Waals surface area (Å²) < 4.78 is 0. The van der Waals surface area contributed by atoms with Crippen molar-refractivity contribution >= 4 is 58.8 Å². The standard InChI is InChI=1S/C23H30ClN5O.HI/c1-3-5-22(30)27-19-10-8-17(9-11-19)15-26-23(25-2)28-20-12-13-29(16-20)21-7-4-6-18(24)14-21;/h4,6-11,14,20H,3,5,12-13,15-16H2,1-2H3,(H,27,30)(H2,25,26,28);1H. The summed E-state index contributed by atoms with van der Waals surface area (Å²) >= 11 is 6.12. The molecular formula is C23H31ClIN5O. The minimum atomic E-state index is 0. The molecule has 1 unspecified atom stereocenters. The predicted octanol–water partition coefficient (Wildman–Crippen LogP) is 4.64. The molecule has 0 radical (unpaired) electrons. The molecule has 0 aliphatic carbocycles. The van der Waals surface area contributed by atoms with Gasteiger partial charge in [-0.3, -0.25) is 9.79 Å². The summed E-state index contributed by atoms with van der Waals surface area (Å²) in [7, 11) is 1.78. The molecule has 8 heteroatoms. The van der Waals surface area contributed by atoms with E-state index in [1.807, 2.05) is 49.4 Å². The van der Waals surface area contributed by atoms with Crippen LogP contribution in [0.15, 0.2) is 53.5 Å². The monoisotopic (exact) mass is 555 g/mol. The number of halogens is 2. The van der Waals surface area contributed by atoms with Gasteiger partial charge in [0.25, 0.3) is 0 Å². The largest absolute Gasteiger partial charge is 0.369 e. The first kappa shape index (κ1) is 25.3. The molecule has 0 saturated carbocycles. The highest BCUT2D eigenvalue weighted by atomic mass is 127. The molecule has 1 aliphatic rings. The van der Waals surface area contributed by atoms with Crippen LogP contribution in [0.3, 0.4) is 0 Å². The van der Waals surface area contributed by atoms with E-state index < -0.39 is 0 Å². The molecule has 0 spiro atoms. The quantitative estimate of drug-likeness (QED) is 0.265. The second-order valence-corrected chi connectivity index (χ2v) is 7.91. The second kappa shape index (κ2) is 12.8. The first-order valence-corrected chi connectivity index (χ1v) is 10.8. The van der Waals surface area contributed by atoms with Crippen molar-refractivity contribution in [2.24, 2.45) is 4.99 Å². The molecule has 2 aromatic carbocycles. The molecule has 1 amide bonds. The number of rotatable bonds is 7. The molecule has 1 aliphatic heterocycles. The van der Waals surface area contributed by atoms with E-state index in [0.29, 0.717) is 19.0 Å². The van der Waals surface area contributed by atoms with E-state index in [2.05, 4.69) is 31.9 Å². The number of carbonyl (C=O) groups is 1. The number of amides is 1. The van der Waals surface area contributed by atoms with E-state index in [9.17, 15) is 4.79 Å². The lowest BCUT2D eigenvalue weighted by molar-refractivity contribution is -0.116. The van der Waals surface area contributed by atoms with Crippen LogP contribution in [0.1, 0.15) is 31.7 Å². The van der Waals surface area contributed by atoms with Gasteiger partial charge in [-0.25, -0.2) is 0 Å². The number of carbonyl (C=O) groups excluding carboxylic acids is 1. The van der Waals surface area contributed by atoms with Crippen molar-refractivity contribution in [2.45, 2.75) is 38.8 Å². The summed E-state index contributed by atoms with van der Waals surface area (Å²) in [5, 5.41) is 10.5. The highest BCUT2D eigenvalue weighted by Crippen LogP contribution is 2.23. The topological polar surface area (TPSA) is 68.8 Å². The van der Waals surface area contributed by atoms with Crippen LogP contribution in [-0.2, 0) is 11.3 Å². The van der Waals surface area contributed by atoms with Gasteiger partial charge in [-0.1, -0.05) is 36.7 Å². The average Bonchev–Trinajstić information content (AvgIpc) is 3.21. The van der Waals surface area contributed by atoms with Crippen molar-refractivity contribution in [2.75, 3.05) is 30.4 Å². The summed E-state index contributed by atoms with van der Waals surface area (Å²) in [5.74, 6) is 0.838. The summed E-state index contributed by atoms with van der Waals surface area (Å²) in [6.45, 7) is 4.55. The van der Waals surface area contributed by atoms with Crippen LogP contribution >= 0.6 is 35.6 Å². The Morgan fingerprint density at radius 1 is 1.23 bits per heavy atom. The van der Waals surface area contributed by atoms with Gasteiger partial charge in [0.05, 0.1) is 0 Å². The summed E-state index contributed by atoms with van der Waals surface area (Å²) in [6.07, 6.45) is 2.43. The number of nitrogens with one attached hydrogen (secondary N) is 3. The van der Waals surface area contributed by atoms with Gasteiger partial charge in [-0.05, 0) is 48.7 Å². The number of hydrogen-bond acceptors (Lipinski definition) is 3. The lowest BCUT2D eigenvalue weighted by Gasteiger charge is -2.20. The molecular weight excluding hydrogens is 525 g/mol. The zero-order chi connectivity index (χ0) is 21.3. The molecule has 1 heterocycles. The Bertz CT molecular complexity index is 875. The van der Waals surface area contributed by atoms with E-state index in [-0.39, 0.29) is 29.9 Å². The first-order chi connectivity index (χ1) is 14.6. The normalized spacial score (nSPS) is 15.9. The third kappa shape index (κ3) is 7.88. The molecule has 168 valence electrons. The van der Waals surface area contributed by atoms with Gasteiger partial charge in [0, 0.05) is 55.5 Å². The number of anilines is 2. The van der Waals surface area contributed by atoms with Gasteiger partial charge in [-0.15, -0.1) is 24.0 Å². The van der Waals surface area contributed by atoms with E-state index >= 15 is 0 Å². The van der Waals surface area contributed by atoms with Crippen LogP contribution in [0.2, 0.25) is 5.02 Å². The van der Waals surface area contributed by atoms with Crippen molar-refractivity contribution in [1.82, 2.24) is 10.6 Å². The smallest absolute Gasteiger partial charge is 0.224 e. The Morgan fingerprint density at radius 3 is 2.68 bits per heavy atom. The second-order valence-electron chi connectivity index (χ2n) is 7.48. The number of benzene rings is 2. The maximum Gasteiger partial charge on any atom is 0.224 e. The number of guanidine groups is 1. The third-order valence-electron chi connectivity index (χ3n) is 5.10. The molecule has 6 nitrogen and oxygen atoms in total. The SMILES string of the molecule is CCCC(=O)Nc1ccc(CNC(=NC)NC2CCN(c3cccc(Cl)c3)C2)cc1.I. The van der Waals surface area contributed by atoms with Gasteiger partial charge in [0.15, 0.2) is 5.96 Å². The molecule has 1 atom stereocenters.